The number of benzene rings is 2. The van der Waals surface area contributed by atoms with Crippen molar-refractivity contribution in [2.24, 2.45) is 0 Å². The molecule has 0 spiro atoms. The van der Waals surface area contributed by atoms with Crippen LogP contribution in [0, 0.1) is 6.92 Å². The van der Waals surface area contributed by atoms with Crippen molar-refractivity contribution in [2.45, 2.75) is 6.92 Å². The van der Waals surface area contributed by atoms with Gasteiger partial charge in [0.05, 0.1) is 15.9 Å². The van der Waals surface area contributed by atoms with E-state index in [9.17, 15) is 0 Å². The predicted octanol–water partition coefficient (Wildman–Crippen LogP) is 5.29. The van der Waals surface area contributed by atoms with Crippen molar-refractivity contribution in [1.29, 1.82) is 0 Å². The zero-order chi connectivity index (χ0) is 13.7. The van der Waals surface area contributed by atoms with Crippen LogP contribution >= 0.6 is 27.3 Å². The van der Waals surface area contributed by atoms with E-state index >= 15 is 0 Å². The zero-order valence-electron chi connectivity index (χ0n) is 10.8. The minimum atomic E-state index is 1.02. The largest absolute Gasteiger partial charge is 0.289 e. The SMILES string of the molecule is Cc1cccc2sc3nc(-c4cccc(Br)c4)cn3c12. The highest BCUT2D eigenvalue weighted by molar-refractivity contribution is 9.10. The molecular weight excluding hydrogens is 332 g/mol. The van der Waals surface area contributed by atoms with Crippen LogP contribution < -0.4 is 0 Å². The molecule has 2 aromatic heterocycles. The molecule has 2 heterocycles. The molecule has 0 aliphatic carbocycles. The van der Waals surface area contributed by atoms with Crippen LogP contribution in [0.3, 0.4) is 0 Å². The highest BCUT2D eigenvalue weighted by Gasteiger charge is 2.11. The molecule has 0 radical (unpaired) electrons. The van der Waals surface area contributed by atoms with Crippen molar-refractivity contribution < 1.29 is 0 Å². The minimum Gasteiger partial charge on any atom is -0.289 e. The fraction of sp³-hybridized carbons (Fsp3) is 0.0625. The van der Waals surface area contributed by atoms with Crippen molar-refractivity contribution >= 4 is 42.4 Å². The van der Waals surface area contributed by atoms with Gasteiger partial charge in [-0.2, -0.15) is 0 Å². The second-order valence-electron chi connectivity index (χ2n) is 4.81. The number of imidazole rings is 1. The Hall–Kier alpha value is -1.65. The topological polar surface area (TPSA) is 17.3 Å². The van der Waals surface area contributed by atoms with Crippen molar-refractivity contribution in [1.82, 2.24) is 9.38 Å². The molecule has 0 saturated heterocycles. The zero-order valence-corrected chi connectivity index (χ0v) is 13.2. The molecule has 0 bridgehead atoms. The molecule has 0 atom stereocenters. The van der Waals surface area contributed by atoms with E-state index in [-0.39, 0.29) is 0 Å². The van der Waals surface area contributed by atoms with Gasteiger partial charge in [-0.05, 0) is 30.7 Å². The molecule has 98 valence electrons. The third kappa shape index (κ3) is 1.79. The van der Waals surface area contributed by atoms with Crippen molar-refractivity contribution in [2.75, 3.05) is 0 Å². The van der Waals surface area contributed by atoms with E-state index in [1.807, 2.05) is 12.1 Å². The molecule has 4 heteroatoms. The number of aromatic nitrogens is 2. The van der Waals surface area contributed by atoms with E-state index in [2.05, 4.69) is 63.8 Å². The van der Waals surface area contributed by atoms with Gasteiger partial charge in [0.1, 0.15) is 0 Å². The highest BCUT2D eigenvalue weighted by Crippen LogP contribution is 2.31. The molecule has 0 aliphatic rings. The number of aryl methyl sites for hydroxylation is 1. The maximum absolute atomic E-state index is 4.76. The predicted molar refractivity (Wildman–Crippen MR) is 88.4 cm³/mol. The van der Waals surface area contributed by atoms with E-state index in [0.29, 0.717) is 0 Å². The van der Waals surface area contributed by atoms with Gasteiger partial charge in [0.25, 0.3) is 0 Å². The summed E-state index contributed by atoms with van der Waals surface area (Å²) in [6, 6.07) is 14.7. The number of para-hydroxylation sites is 1. The lowest BCUT2D eigenvalue weighted by Crippen LogP contribution is -1.81. The number of halogens is 1. The summed E-state index contributed by atoms with van der Waals surface area (Å²) >= 11 is 5.25. The van der Waals surface area contributed by atoms with Crippen LogP contribution in [-0.2, 0) is 0 Å². The Morgan fingerprint density at radius 2 is 2.00 bits per heavy atom. The molecule has 20 heavy (non-hydrogen) atoms. The summed E-state index contributed by atoms with van der Waals surface area (Å²) in [6.07, 6.45) is 2.13. The molecule has 4 rings (SSSR count). The number of rotatable bonds is 1. The Morgan fingerprint density at radius 1 is 1.15 bits per heavy atom. The summed E-state index contributed by atoms with van der Waals surface area (Å²) < 4.78 is 4.56. The first kappa shape index (κ1) is 12.1. The number of hydrogen-bond donors (Lipinski definition) is 0. The number of hydrogen-bond acceptors (Lipinski definition) is 2. The number of thiazole rings is 1. The van der Waals surface area contributed by atoms with Crippen LogP contribution in [0.1, 0.15) is 5.56 Å². The fourth-order valence-corrected chi connectivity index (χ4v) is 3.99. The Labute approximate surface area is 128 Å². The third-order valence-electron chi connectivity index (χ3n) is 3.44. The monoisotopic (exact) mass is 342 g/mol. The average molecular weight is 343 g/mol. The maximum atomic E-state index is 4.76. The first-order valence-electron chi connectivity index (χ1n) is 6.35. The van der Waals surface area contributed by atoms with Gasteiger partial charge in [0.15, 0.2) is 4.96 Å². The first-order chi connectivity index (χ1) is 9.72. The van der Waals surface area contributed by atoms with Gasteiger partial charge >= 0.3 is 0 Å². The minimum absolute atomic E-state index is 1.02. The quantitative estimate of drug-likeness (QED) is 0.459. The van der Waals surface area contributed by atoms with Gasteiger partial charge in [-0.1, -0.05) is 51.5 Å². The molecular formula is C16H11BrN2S. The number of fused-ring (bicyclic) bond motifs is 3. The molecule has 0 amide bonds. The smallest absolute Gasteiger partial charge is 0.195 e. The summed E-state index contributed by atoms with van der Waals surface area (Å²) in [6.45, 7) is 2.15. The molecule has 4 aromatic rings. The van der Waals surface area contributed by atoms with E-state index in [4.69, 9.17) is 4.98 Å². The van der Waals surface area contributed by atoms with Gasteiger partial charge in [0, 0.05) is 16.2 Å². The maximum Gasteiger partial charge on any atom is 0.195 e. The summed E-state index contributed by atoms with van der Waals surface area (Å²) in [5, 5.41) is 0. The Kier molecular flexibility index (Phi) is 2.69. The van der Waals surface area contributed by atoms with Crippen LogP contribution in [0.15, 0.2) is 53.1 Å². The summed E-state index contributed by atoms with van der Waals surface area (Å²) in [7, 11) is 0. The number of nitrogens with zero attached hydrogens (tertiary/aromatic N) is 2. The second kappa shape index (κ2) is 4.43. The standard InChI is InChI=1S/C16H11BrN2S/c1-10-4-2-7-14-15(10)19-9-13(18-16(19)20-14)11-5-3-6-12(17)8-11/h2-9H,1H3. The van der Waals surface area contributed by atoms with Gasteiger partial charge in [0.2, 0.25) is 0 Å². The Balaban J connectivity index is 2.00. The van der Waals surface area contributed by atoms with Gasteiger partial charge in [-0.15, -0.1) is 0 Å². The second-order valence-corrected chi connectivity index (χ2v) is 6.74. The van der Waals surface area contributed by atoms with Crippen molar-refractivity contribution in [3.05, 3.63) is 58.7 Å². The van der Waals surface area contributed by atoms with Crippen LogP contribution in [0.4, 0.5) is 0 Å². The van der Waals surface area contributed by atoms with Crippen molar-refractivity contribution in [3.63, 3.8) is 0 Å². The van der Waals surface area contributed by atoms with Crippen LogP contribution in [0.5, 0.6) is 0 Å². The summed E-state index contributed by atoms with van der Waals surface area (Å²) in [4.78, 5) is 5.81. The molecule has 2 aromatic carbocycles. The summed E-state index contributed by atoms with van der Waals surface area (Å²) in [5.41, 5.74) is 4.70. The molecule has 0 N–H and O–H groups in total. The van der Waals surface area contributed by atoms with E-state index < -0.39 is 0 Å². The third-order valence-corrected chi connectivity index (χ3v) is 4.95. The molecule has 0 aliphatic heterocycles. The van der Waals surface area contributed by atoms with E-state index in [0.717, 1.165) is 20.7 Å². The first-order valence-corrected chi connectivity index (χ1v) is 7.96. The van der Waals surface area contributed by atoms with Crippen LogP contribution in [-0.4, -0.2) is 9.38 Å². The molecule has 2 nitrogen and oxygen atoms in total. The van der Waals surface area contributed by atoms with Gasteiger partial charge < -0.3 is 0 Å². The van der Waals surface area contributed by atoms with Gasteiger partial charge in [-0.3, -0.25) is 4.40 Å². The molecule has 0 saturated carbocycles. The van der Waals surface area contributed by atoms with Crippen LogP contribution in [0.2, 0.25) is 0 Å². The van der Waals surface area contributed by atoms with Gasteiger partial charge in [-0.25, -0.2) is 4.98 Å². The molecule has 0 fully saturated rings. The van der Waals surface area contributed by atoms with Crippen molar-refractivity contribution in [3.8, 4) is 11.3 Å². The lowest BCUT2D eigenvalue weighted by Gasteiger charge is -1.98. The van der Waals surface area contributed by atoms with E-state index in [1.54, 1.807) is 11.3 Å². The summed E-state index contributed by atoms with van der Waals surface area (Å²) in [5.74, 6) is 0. The molecule has 0 unspecified atom stereocenters. The fourth-order valence-electron chi connectivity index (χ4n) is 2.50. The Morgan fingerprint density at radius 3 is 2.85 bits per heavy atom. The Bertz CT molecular complexity index is 936. The van der Waals surface area contributed by atoms with Crippen LogP contribution in [0.25, 0.3) is 26.4 Å². The lowest BCUT2D eigenvalue weighted by atomic mass is 10.2. The van der Waals surface area contributed by atoms with E-state index in [1.165, 1.54) is 15.8 Å². The highest BCUT2D eigenvalue weighted by atomic mass is 79.9. The lowest BCUT2D eigenvalue weighted by molar-refractivity contribution is 1.27. The normalized spacial score (nSPS) is 11.5. The average Bonchev–Trinajstić information content (AvgIpc) is 2.96.